The smallest absolute Gasteiger partial charge is 0.266 e. The van der Waals surface area contributed by atoms with Gasteiger partial charge >= 0.3 is 0 Å². The molecule has 0 radical (unpaired) electrons. The molecule has 1 amide bonds. The van der Waals surface area contributed by atoms with Crippen LogP contribution in [0, 0.1) is 0 Å². The normalized spacial score (nSPS) is 14.5. The van der Waals surface area contributed by atoms with Crippen LogP contribution in [0.3, 0.4) is 0 Å². The number of benzene rings is 2. The van der Waals surface area contributed by atoms with Gasteiger partial charge in [0, 0.05) is 37.1 Å². The SMILES string of the molecule is O=C1CCN(C(=O)c2sc(-c3ccccc3)nc2-c2ccccc2)CC1. The van der Waals surface area contributed by atoms with Crippen LogP contribution in [0.1, 0.15) is 22.5 Å². The second-order valence-corrected chi connectivity index (χ2v) is 7.26. The topological polar surface area (TPSA) is 50.3 Å². The van der Waals surface area contributed by atoms with Crippen LogP contribution in [0.4, 0.5) is 0 Å². The van der Waals surface area contributed by atoms with E-state index in [9.17, 15) is 9.59 Å². The first kappa shape index (κ1) is 16.7. The molecule has 26 heavy (non-hydrogen) atoms. The number of rotatable bonds is 3. The van der Waals surface area contributed by atoms with E-state index in [4.69, 9.17) is 4.98 Å². The first-order chi connectivity index (χ1) is 12.7. The van der Waals surface area contributed by atoms with Crippen molar-refractivity contribution in [1.29, 1.82) is 0 Å². The number of Topliss-reactive ketones (excluding diaryl/α,β-unsaturated/α-hetero) is 1. The summed E-state index contributed by atoms with van der Waals surface area (Å²) in [5.74, 6) is 0.197. The zero-order valence-corrected chi connectivity index (χ0v) is 15.0. The van der Waals surface area contributed by atoms with Gasteiger partial charge in [0.2, 0.25) is 0 Å². The highest BCUT2D eigenvalue weighted by Crippen LogP contribution is 2.35. The highest BCUT2D eigenvalue weighted by molar-refractivity contribution is 7.17. The van der Waals surface area contributed by atoms with Gasteiger partial charge < -0.3 is 4.90 Å². The maximum Gasteiger partial charge on any atom is 0.266 e. The van der Waals surface area contributed by atoms with E-state index in [-0.39, 0.29) is 11.7 Å². The van der Waals surface area contributed by atoms with Crippen LogP contribution in [0.15, 0.2) is 60.7 Å². The van der Waals surface area contributed by atoms with Gasteiger partial charge in [-0.15, -0.1) is 11.3 Å². The summed E-state index contributed by atoms with van der Waals surface area (Å²) in [6.07, 6.45) is 0.882. The van der Waals surface area contributed by atoms with Gasteiger partial charge in [-0.25, -0.2) is 4.98 Å². The average Bonchev–Trinajstić information content (AvgIpc) is 3.15. The van der Waals surface area contributed by atoms with Crippen molar-refractivity contribution >= 4 is 23.0 Å². The van der Waals surface area contributed by atoms with Crippen molar-refractivity contribution in [1.82, 2.24) is 9.88 Å². The molecule has 2 aromatic carbocycles. The Morgan fingerprint density at radius 1 is 0.885 bits per heavy atom. The Bertz CT molecular complexity index is 925. The molecule has 0 spiro atoms. The zero-order chi connectivity index (χ0) is 17.9. The van der Waals surface area contributed by atoms with E-state index in [1.165, 1.54) is 11.3 Å². The molecule has 1 aliphatic heterocycles. The van der Waals surface area contributed by atoms with E-state index in [1.54, 1.807) is 4.90 Å². The number of piperidine rings is 1. The summed E-state index contributed by atoms with van der Waals surface area (Å²) in [4.78, 5) is 31.8. The molecule has 1 fully saturated rings. The summed E-state index contributed by atoms with van der Waals surface area (Å²) in [6.45, 7) is 0.981. The summed E-state index contributed by atoms with van der Waals surface area (Å²) < 4.78 is 0. The third-order valence-corrected chi connectivity index (χ3v) is 5.59. The minimum atomic E-state index is -0.0314. The molecule has 5 heteroatoms. The van der Waals surface area contributed by atoms with E-state index in [0.717, 1.165) is 21.8 Å². The lowest BCUT2D eigenvalue weighted by Gasteiger charge is -2.25. The van der Waals surface area contributed by atoms with Crippen molar-refractivity contribution in [3.8, 4) is 21.8 Å². The quantitative estimate of drug-likeness (QED) is 0.699. The molecule has 1 aromatic heterocycles. The summed E-state index contributed by atoms with van der Waals surface area (Å²) in [5, 5.41) is 0.834. The molecule has 0 aliphatic carbocycles. The monoisotopic (exact) mass is 362 g/mol. The van der Waals surface area contributed by atoms with Crippen LogP contribution in [0.5, 0.6) is 0 Å². The van der Waals surface area contributed by atoms with E-state index in [1.807, 2.05) is 60.7 Å². The van der Waals surface area contributed by atoms with Gasteiger partial charge in [-0.1, -0.05) is 60.7 Å². The molecule has 1 aliphatic rings. The minimum absolute atomic E-state index is 0.0314. The Morgan fingerprint density at radius 2 is 1.46 bits per heavy atom. The molecule has 0 atom stereocenters. The van der Waals surface area contributed by atoms with Crippen LogP contribution in [0.2, 0.25) is 0 Å². The lowest BCUT2D eigenvalue weighted by Crippen LogP contribution is -2.38. The number of carbonyl (C=O) groups is 2. The number of hydrogen-bond acceptors (Lipinski definition) is 4. The minimum Gasteiger partial charge on any atom is -0.337 e. The molecular weight excluding hydrogens is 344 g/mol. The molecule has 1 saturated heterocycles. The van der Waals surface area contributed by atoms with Gasteiger partial charge in [0.05, 0.1) is 5.69 Å². The number of hydrogen-bond donors (Lipinski definition) is 0. The van der Waals surface area contributed by atoms with Crippen LogP contribution in [-0.4, -0.2) is 34.7 Å². The maximum atomic E-state index is 13.1. The van der Waals surface area contributed by atoms with Crippen LogP contribution in [-0.2, 0) is 4.79 Å². The molecule has 3 aromatic rings. The summed E-state index contributed by atoms with van der Waals surface area (Å²) in [7, 11) is 0. The first-order valence-corrected chi connectivity index (χ1v) is 9.46. The average molecular weight is 362 g/mol. The Morgan fingerprint density at radius 3 is 2.08 bits per heavy atom. The highest BCUT2D eigenvalue weighted by atomic mass is 32.1. The van der Waals surface area contributed by atoms with Crippen LogP contribution >= 0.6 is 11.3 Å². The summed E-state index contributed by atoms with van der Waals surface area (Å²) >= 11 is 1.42. The summed E-state index contributed by atoms with van der Waals surface area (Å²) in [5.41, 5.74) is 2.65. The number of nitrogens with zero attached hydrogens (tertiary/aromatic N) is 2. The van der Waals surface area contributed by atoms with Crippen molar-refractivity contribution < 1.29 is 9.59 Å². The van der Waals surface area contributed by atoms with Gasteiger partial charge in [-0.05, 0) is 0 Å². The van der Waals surface area contributed by atoms with Crippen LogP contribution < -0.4 is 0 Å². The molecule has 0 N–H and O–H groups in total. The van der Waals surface area contributed by atoms with E-state index in [0.29, 0.717) is 30.8 Å². The number of amides is 1. The fourth-order valence-corrected chi connectivity index (χ4v) is 4.12. The van der Waals surface area contributed by atoms with Gasteiger partial charge in [-0.2, -0.15) is 0 Å². The molecule has 4 nitrogen and oxygen atoms in total. The molecule has 0 bridgehead atoms. The Balaban J connectivity index is 1.76. The standard InChI is InChI=1S/C21H18N2O2S/c24-17-11-13-23(14-12-17)21(25)19-18(15-7-3-1-4-8-15)22-20(26-19)16-9-5-2-6-10-16/h1-10H,11-14H2. The first-order valence-electron chi connectivity index (χ1n) is 8.65. The van der Waals surface area contributed by atoms with E-state index in [2.05, 4.69) is 0 Å². The number of thiazole rings is 1. The van der Waals surface area contributed by atoms with Crippen molar-refractivity contribution in [3.63, 3.8) is 0 Å². The van der Waals surface area contributed by atoms with Crippen molar-refractivity contribution in [2.45, 2.75) is 12.8 Å². The fourth-order valence-electron chi connectivity index (χ4n) is 3.06. The van der Waals surface area contributed by atoms with Gasteiger partial charge in [0.1, 0.15) is 15.7 Å². The van der Waals surface area contributed by atoms with Gasteiger partial charge in [0.15, 0.2) is 0 Å². The van der Waals surface area contributed by atoms with Crippen molar-refractivity contribution in [2.75, 3.05) is 13.1 Å². The predicted octanol–water partition coefficient (Wildman–Crippen LogP) is 4.28. The molecule has 130 valence electrons. The van der Waals surface area contributed by atoms with Crippen molar-refractivity contribution in [2.24, 2.45) is 0 Å². The highest BCUT2D eigenvalue weighted by Gasteiger charge is 2.27. The molecule has 4 rings (SSSR count). The molecule has 2 heterocycles. The molecule has 0 saturated carbocycles. The molecule has 0 unspecified atom stereocenters. The van der Waals surface area contributed by atoms with Crippen LogP contribution in [0.25, 0.3) is 21.8 Å². The molecular formula is C21H18N2O2S. The Kier molecular flexibility index (Phi) is 4.63. The van der Waals surface area contributed by atoms with E-state index < -0.39 is 0 Å². The second kappa shape index (κ2) is 7.22. The van der Waals surface area contributed by atoms with Gasteiger partial charge in [0.25, 0.3) is 5.91 Å². The zero-order valence-electron chi connectivity index (χ0n) is 14.2. The largest absolute Gasteiger partial charge is 0.337 e. The lowest BCUT2D eigenvalue weighted by atomic mass is 10.1. The lowest BCUT2D eigenvalue weighted by molar-refractivity contribution is -0.120. The maximum absolute atomic E-state index is 13.1. The van der Waals surface area contributed by atoms with E-state index >= 15 is 0 Å². The number of aromatic nitrogens is 1. The Labute approximate surface area is 156 Å². The third kappa shape index (κ3) is 3.30. The summed E-state index contributed by atoms with van der Waals surface area (Å²) in [6, 6.07) is 19.7. The number of likely N-dealkylation sites (tertiary alicyclic amines) is 1. The van der Waals surface area contributed by atoms with Crippen molar-refractivity contribution in [3.05, 3.63) is 65.5 Å². The second-order valence-electron chi connectivity index (χ2n) is 6.26. The predicted molar refractivity (Wildman–Crippen MR) is 103 cm³/mol. The number of carbonyl (C=O) groups excluding carboxylic acids is 2. The fraction of sp³-hybridized carbons (Fsp3) is 0.190. The third-order valence-electron chi connectivity index (χ3n) is 4.50. The Hall–Kier alpha value is -2.79. The number of ketones is 1. The van der Waals surface area contributed by atoms with Gasteiger partial charge in [-0.3, -0.25) is 9.59 Å².